The van der Waals surface area contributed by atoms with Crippen LogP contribution in [0.4, 0.5) is 18.3 Å². The first kappa shape index (κ1) is 26.6. The van der Waals surface area contributed by atoms with Crippen molar-refractivity contribution in [3.8, 4) is 0 Å². The van der Waals surface area contributed by atoms with E-state index in [1.54, 1.807) is 11.6 Å². The van der Waals surface area contributed by atoms with Gasteiger partial charge in [0.25, 0.3) is 0 Å². The van der Waals surface area contributed by atoms with Gasteiger partial charge in [0.2, 0.25) is 21.8 Å². The molecule has 1 aliphatic carbocycles. The second kappa shape index (κ2) is 10.9. The summed E-state index contributed by atoms with van der Waals surface area (Å²) in [5.41, 5.74) is -1.28. The number of nitrogens with one attached hydrogen (secondary N) is 1. The summed E-state index contributed by atoms with van der Waals surface area (Å²) < 4.78 is 67.3. The topological polar surface area (TPSA) is 99.7 Å². The van der Waals surface area contributed by atoms with Crippen molar-refractivity contribution in [3.05, 3.63) is 41.4 Å². The Morgan fingerprint density at radius 3 is 2.53 bits per heavy atom. The highest BCUT2D eigenvalue weighted by atomic mass is 32.2. The lowest BCUT2D eigenvalue weighted by molar-refractivity contribution is -0.142. The third-order valence-electron chi connectivity index (χ3n) is 6.66. The summed E-state index contributed by atoms with van der Waals surface area (Å²) in [7, 11) is -4.59. The molecule has 2 aromatic rings. The van der Waals surface area contributed by atoms with E-state index in [1.807, 2.05) is 0 Å². The van der Waals surface area contributed by atoms with E-state index in [1.165, 1.54) is 22.3 Å². The predicted molar refractivity (Wildman–Crippen MR) is 128 cm³/mol. The monoisotopic (exact) mass is 544 g/mol. The number of carbonyl (C=O) groups excluding carboxylic acids is 2. The summed E-state index contributed by atoms with van der Waals surface area (Å²) in [6.07, 6.45) is 2.22. The van der Waals surface area contributed by atoms with Crippen LogP contribution >= 0.6 is 11.3 Å². The molecule has 196 valence electrons. The van der Waals surface area contributed by atoms with Crippen molar-refractivity contribution >= 4 is 38.3 Å². The first-order valence-electron chi connectivity index (χ1n) is 11.7. The van der Waals surface area contributed by atoms with Crippen molar-refractivity contribution in [2.45, 2.75) is 55.6 Å². The van der Waals surface area contributed by atoms with Gasteiger partial charge in [-0.15, -0.1) is 11.3 Å². The van der Waals surface area contributed by atoms with E-state index < -0.39 is 51.1 Å². The standard InChI is InChI=1S/C23H27F3N4O4S2/c24-23(25,26)17-8-4-5-9-19(17)36(33,34)29-11-12-30(20(31)15-29)18(14-16-6-2-1-3-7-16)21(32)28-22-27-10-13-35-22/h4-5,8-10,13,16,18H,1-3,6-7,11-12,14-15H2,(H,27,28,32). The largest absolute Gasteiger partial charge is 0.417 e. The van der Waals surface area contributed by atoms with E-state index in [9.17, 15) is 31.2 Å². The number of thiazole rings is 1. The molecule has 1 atom stereocenters. The molecular formula is C23H27F3N4O4S2. The number of carbonyl (C=O) groups is 2. The minimum atomic E-state index is -4.87. The van der Waals surface area contributed by atoms with Gasteiger partial charge >= 0.3 is 6.18 Å². The van der Waals surface area contributed by atoms with Crippen LogP contribution in [0.2, 0.25) is 0 Å². The molecule has 1 saturated carbocycles. The highest BCUT2D eigenvalue weighted by molar-refractivity contribution is 7.89. The molecule has 1 unspecified atom stereocenters. The number of amides is 2. The predicted octanol–water partition coefficient (Wildman–Crippen LogP) is 3.97. The van der Waals surface area contributed by atoms with E-state index >= 15 is 0 Å². The Hall–Kier alpha value is -2.51. The van der Waals surface area contributed by atoms with Crippen LogP contribution in [0.25, 0.3) is 0 Å². The van der Waals surface area contributed by atoms with Crippen LogP contribution in [0.5, 0.6) is 0 Å². The van der Waals surface area contributed by atoms with Crippen LogP contribution in [-0.2, 0) is 25.8 Å². The molecule has 0 bridgehead atoms. The number of hydrogen-bond donors (Lipinski definition) is 1. The Bertz CT molecular complexity index is 1180. The summed E-state index contributed by atoms with van der Waals surface area (Å²) in [6, 6.07) is 3.10. The minimum Gasteiger partial charge on any atom is -0.328 e. The maximum Gasteiger partial charge on any atom is 0.417 e. The lowest BCUT2D eigenvalue weighted by atomic mass is 9.84. The summed E-state index contributed by atoms with van der Waals surface area (Å²) in [6.45, 7) is -0.957. The maximum atomic E-state index is 13.5. The summed E-state index contributed by atoms with van der Waals surface area (Å²) in [4.78, 5) is 30.9. The second-order valence-corrected chi connectivity index (χ2v) is 11.8. The van der Waals surface area contributed by atoms with E-state index in [4.69, 9.17) is 0 Å². The van der Waals surface area contributed by atoms with Crippen LogP contribution in [0.1, 0.15) is 44.1 Å². The van der Waals surface area contributed by atoms with Crippen molar-refractivity contribution in [3.63, 3.8) is 0 Å². The molecule has 1 saturated heterocycles. The SMILES string of the molecule is O=C(Nc1nccs1)C(CC1CCCCC1)N1CCN(S(=O)(=O)c2ccccc2C(F)(F)F)CC1=O. The fraction of sp³-hybridized carbons (Fsp3) is 0.522. The molecule has 1 N–H and O–H groups in total. The Balaban J connectivity index is 1.54. The number of piperazine rings is 1. The van der Waals surface area contributed by atoms with Crippen molar-refractivity contribution in [1.29, 1.82) is 0 Å². The third kappa shape index (κ3) is 5.89. The highest BCUT2D eigenvalue weighted by Gasteiger charge is 2.42. The molecule has 1 aromatic carbocycles. The molecule has 4 rings (SSSR count). The first-order valence-corrected chi connectivity index (χ1v) is 14.1. The zero-order valence-corrected chi connectivity index (χ0v) is 21.0. The smallest absolute Gasteiger partial charge is 0.328 e. The number of rotatable bonds is 7. The summed E-state index contributed by atoms with van der Waals surface area (Å²) in [5.74, 6) is -0.772. The number of hydrogen-bond acceptors (Lipinski definition) is 6. The molecule has 2 heterocycles. The van der Waals surface area contributed by atoms with E-state index in [0.29, 0.717) is 17.6 Å². The first-order chi connectivity index (χ1) is 17.1. The average Bonchev–Trinajstić information content (AvgIpc) is 3.36. The normalized spacial score (nSPS) is 19.3. The molecule has 0 radical (unpaired) electrons. The minimum absolute atomic E-state index is 0.102. The van der Waals surface area contributed by atoms with Gasteiger partial charge in [-0.1, -0.05) is 44.2 Å². The quantitative estimate of drug-likeness (QED) is 0.569. The molecule has 2 fully saturated rings. The van der Waals surface area contributed by atoms with Crippen molar-refractivity contribution < 1.29 is 31.2 Å². The van der Waals surface area contributed by atoms with Crippen LogP contribution < -0.4 is 5.32 Å². The highest BCUT2D eigenvalue weighted by Crippen LogP contribution is 2.36. The van der Waals surface area contributed by atoms with Gasteiger partial charge in [-0.2, -0.15) is 17.5 Å². The van der Waals surface area contributed by atoms with Crippen LogP contribution in [0.3, 0.4) is 0 Å². The number of nitrogens with zero attached hydrogens (tertiary/aromatic N) is 3. The van der Waals surface area contributed by atoms with Gasteiger partial charge in [-0.05, 0) is 24.5 Å². The Labute approximate surface area is 211 Å². The number of alkyl halides is 3. The Morgan fingerprint density at radius 2 is 1.89 bits per heavy atom. The van der Waals surface area contributed by atoms with Crippen LogP contribution in [-0.4, -0.2) is 60.1 Å². The molecular weight excluding hydrogens is 517 g/mol. The Morgan fingerprint density at radius 1 is 1.17 bits per heavy atom. The number of halogens is 3. The Kier molecular flexibility index (Phi) is 8.00. The molecule has 13 heteroatoms. The van der Waals surface area contributed by atoms with E-state index in [0.717, 1.165) is 48.5 Å². The fourth-order valence-corrected chi connectivity index (χ4v) is 6.98. The van der Waals surface area contributed by atoms with Gasteiger partial charge < -0.3 is 10.2 Å². The van der Waals surface area contributed by atoms with Gasteiger partial charge in [0, 0.05) is 24.7 Å². The number of anilines is 1. The molecule has 2 aliphatic rings. The summed E-state index contributed by atoms with van der Waals surface area (Å²) in [5, 5.41) is 4.84. The molecule has 2 amide bonds. The number of aromatic nitrogens is 1. The van der Waals surface area contributed by atoms with Gasteiger partial charge in [0.05, 0.1) is 17.0 Å². The van der Waals surface area contributed by atoms with Gasteiger partial charge in [-0.25, -0.2) is 13.4 Å². The van der Waals surface area contributed by atoms with Crippen molar-refractivity contribution in [2.75, 3.05) is 25.0 Å². The van der Waals surface area contributed by atoms with Gasteiger partial charge in [0.1, 0.15) is 6.04 Å². The zero-order chi connectivity index (χ0) is 25.9. The van der Waals surface area contributed by atoms with Crippen LogP contribution in [0.15, 0.2) is 40.7 Å². The molecule has 1 aromatic heterocycles. The maximum absolute atomic E-state index is 13.5. The lowest BCUT2D eigenvalue weighted by Gasteiger charge is -2.39. The van der Waals surface area contributed by atoms with Crippen molar-refractivity contribution in [1.82, 2.24) is 14.2 Å². The molecule has 1 aliphatic heterocycles. The van der Waals surface area contributed by atoms with E-state index in [-0.39, 0.29) is 19.0 Å². The number of sulfonamides is 1. The van der Waals surface area contributed by atoms with Crippen LogP contribution in [0, 0.1) is 5.92 Å². The third-order valence-corrected chi connectivity index (χ3v) is 9.25. The zero-order valence-electron chi connectivity index (χ0n) is 19.4. The van der Waals surface area contributed by atoms with E-state index in [2.05, 4.69) is 10.3 Å². The number of benzene rings is 1. The molecule has 8 nitrogen and oxygen atoms in total. The lowest BCUT2D eigenvalue weighted by Crippen LogP contribution is -2.58. The molecule has 0 spiro atoms. The molecule has 36 heavy (non-hydrogen) atoms. The van der Waals surface area contributed by atoms with Gasteiger partial charge in [0.15, 0.2) is 5.13 Å². The summed E-state index contributed by atoms with van der Waals surface area (Å²) >= 11 is 1.24. The second-order valence-electron chi connectivity index (χ2n) is 9.00. The van der Waals surface area contributed by atoms with Gasteiger partial charge in [-0.3, -0.25) is 9.59 Å². The average molecular weight is 545 g/mol. The fourth-order valence-electron chi connectivity index (χ4n) is 4.85. The van der Waals surface area contributed by atoms with Crippen molar-refractivity contribution in [2.24, 2.45) is 5.92 Å².